The van der Waals surface area contributed by atoms with Crippen LogP contribution in [0.5, 0.6) is 0 Å². The van der Waals surface area contributed by atoms with Gasteiger partial charge in [0.25, 0.3) is 5.91 Å². The maximum Gasteiger partial charge on any atom is 0.253 e. The zero-order chi connectivity index (χ0) is 13.7. The molecule has 19 heavy (non-hydrogen) atoms. The van der Waals surface area contributed by atoms with Crippen LogP contribution in [0.1, 0.15) is 21.6 Å². The number of nitrogens with two attached hydrogens (primary N) is 1. The van der Waals surface area contributed by atoms with E-state index in [1.54, 1.807) is 24.2 Å². The Balaban J connectivity index is 2.10. The summed E-state index contributed by atoms with van der Waals surface area (Å²) >= 11 is 0. The number of nitrogens with zero attached hydrogens (tertiary/aromatic N) is 2. The van der Waals surface area contributed by atoms with Crippen LogP contribution in [0.25, 0.3) is 0 Å². The number of benzene rings is 1. The normalized spacial score (nSPS) is 10.2. The summed E-state index contributed by atoms with van der Waals surface area (Å²) in [4.78, 5) is 18.1. The Morgan fingerprint density at radius 3 is 2.79 bits per heavy atom. The molecule has 1 aromatic carbocycles. The molecule has 0 atom stereocenters. The van der Waals surface area contributed by atoms with Crippen LogP contribution in [0.4, 0.5) is 0 Å². The van der Waals surface area contributed by atoms with Gasteiger partial charge in [0.05, 0.1) is 12.2 Å². The lowest BCUT2D eigenvalue weighted by atomic mass is 10.1. The summed E-state index contributed by atoms with van der Waals surface area (Å²) < 4.78 is 0. The van der Waals surface area contributed by atoms with E-state index in [1.165, 1.54) is 0 Å². The van der Waals surface area contributed by atoms with Gasteiger partial charge >= 0.3 is 0 Å². The molecule has 0 radical (unpaired) electrons. The number of carbonyl (C=O) groups excluding carboxylic acids is 1. The minimum absolute atomic E-state index is 0.0269. The summed E-state index contributed by atoms with van der Waals surface area (Å²) in [6, 6.07) is 13.1. The molecule has 4 nitrogen and oxygen atoms in total. The van der Waals surface area contributed by atoms with E-state index >= 15 is 0 Å². The zero-order valence-electron chi connectivity index (χ0n) is 10.9. The fraction of sp³-hybridized carbons (Fsp3) is 0.200. The fourth-order valence-corrected chi connectivity index (χ4v) is 1.86. The molecular formula is C15H17N3O. The highest BCUT2D eigenvalue weighted by molar-refractivity contribution is 5.94. The number of hydrogen-bond donors (Lipinski definition) is 1. The predicted octanol–water partition coefficient (Wildman–Crippen LogP) is 1.81. The fourth-order valence-electron chi connectivity index (χ4n) is 1.86. The molecule has 1 heterocycles. The van der Waals surface area contributed by atoms with Gasteiger partial charge in [-0.1, -0.05) is 18.2 Å². The van der Waals surface area contributed by atoms with Crippen molar-refractivity contribution in [1.29, 1.82) is 0 Å². The number of hydrogen-bond acceptors (Lipinski definition) is 3. The van der Waals surface area contributed by atoms with Crippen LogP contribution >= 0.6 is 0 Å². The van der Waals surface area contributed by atoms with Gasteiger partial charge in [0.15, 0.2) is 0 Å². The first-order valence-electron chi connectivity index (χ1n) is 6.15. The van der Waals surface area contributed by atoms with Crippen LogP contribution in [0, 0.1) is 0 Å². The summed E-state index contributed by atoms with van der Waals surface area (Å²) in [6.45, 7) is 0.928. The van der Waals surface area contributed by atoms with Crippen molar-refractivity contribution in [2.24, 2.45) is 5.73 Å². The molecule has 0 unspecified atom stereocenters. The molecule has 2 N–H and O–H groups in total. The first-order valence-corrected chi connectivity index (χ1v) is 6.15. The summed E-state index contributed by atoms with van der Waals surface area (Å²) in [5.74, 6) is -0.0269. The first kappa shape index (κ1) is 13.2. The van der Waals surface area contributed by atoms with Gasteiger partial charge in [-0.05, 0) is 29.8 Å². The molecule has 1 amide bonds. The van der Waals surface area contributed by atoms with Crippen LogP contribution < -0.4 is 5.73 Å². The zero-order valence-corrected chi connectivity index (χ0v) is 10.9. The van der Waals surface area contributed by atoms with E-state index in [-0.39, 0.29) is 5.91 Å². The lowest BCUT2D eigenvalue weighted by Crippen LogP contribution is -2.26. The maximum atomic E-state index is 12.3. The van der Waals surface area contributed by atoms with Crippen molar-refractivity contribution in [3.8, 4) is 0 Å². The molecule has 1 aromatic heterocycles. The summed E-state index contributed by atoms with van der Waals surface area (Å²) in [5.41, 5.74) is 8.06. The smallest absolute Gasteiger partial charge is 0.253 e. The van der Waals surface area contributed by atoms with E-state index in [0.717, 1.165) is 11.3 Å². The Kier molecular flexibility index (Phi) is 4.26. The summed E-state index contributed by atoms with van der Waals surface area (Å²) in [5, 5.41) is 0. The molecule has 0 saturated heterocycles. The Labute approximate surface area is 112 Å². The van der Waals surface area contributed by atoms with Crippen LogP contribution in [-0.2, 0) is 13.1 Å². The Morgan fingerprint density at radius 2 is 2.11 bits per heavy atom. The monoisotopic (exact) mass is 255 g/mol. The Bertz CT molecular complexity index is 554. The molecule has 0 aliphatic carbocycles. The molecular weight excluding hydrogens is 238 g/mol. The topological polar surface area (TPSA) is 59.2 Å². The van der Waals surface area contributed by atoms with Gasteiger partial charge in [-0.15, -0.1) is 0 Å². The first-order chi connectivity index (χ1) is 9.20. The van der Waals surface area contributed by atoms with Gasteiger partial charge in [0.1, 0.15) is 0 Å². The standard InChI is InChI=1S/C15H17N3O/c1-18(11-14-7-2-3-8-17-14)15(19)13-6-4-5-12(9-13)10-16/h2-9H,10-11,16H2,1H3. The quantitative estimate of drug-likeness (QED) is 0.906. The van der Waals surface area contributed by atoms with E-state index in [1.807, 2.05) is 36.4 Å². The van der Waals surface area contributed by atoms with Gasteiger partial charge in [-0.3, -0.25) is 9.78 Å². The van der Waals surface area contributed by atoms with Gasteiger partial charge in [-0.25, -0.2) is 0 Å². The number of aromatic nitrogens is 1. The highest BCUT2D eigenvalue weighted by Crippen LogP contribution is 2.09. The van der Waals surface area contributed by atoms with Crippen LogP contribution in [0.2, 0.25) is 0 Å². The molecule has 98 valence electrons. The summed E-state index contributed by atoms with van der Waals surface area (Å²) in [7, 11) is 1.77. The molecule has 2 rings (SSSR count). The van der Waals surface area contributed by atoms with Crippen molar-refractivity contribution in [3.05, 3.63) is 65.5 Å². The average molecular weight is 255 g/mol. The van der Waals surface area contributed by atoms with E-state index in [0.29, 0.717) is 18.7 Å². The van der Waals surface area contributed by atoms with Crippen LogP contribution in [0.3, 0.4) is 0 Å². The number of amides is 1. The van der Waals surface area contributed by atoms with Crippen LogP contribution in [0.15, 0.2) is 48.7 Å². The van der Waals surface area contributed by atoms with Gasteiger partial charge in [0, 0.05) is 25.4 Å². The molecule has 0 bridgehead atoms. The molecule has 0 fully saturated rings. The highest BCUT2D eigenvalue weighted by atomic mass is 16.2. The minimum Gasteiger partial charge on any atom is -0.336 e. The van der Waals surface area contributed by atoms with E-state index in [9.17, 15) is 4.79 Å². The molecule has 2 aromatic rings. The Morgan fingerprint density at radius 1 is 1.26 bits per heavy atom. The largest absolute Gasteiger partial charge is 0.336 e. The highest BCUT2D eigenvalue weighted by Gasteiger charge is 2.12. The number of carbonyl (C=O) groups is 1. The third-order valence-corrected chi connectivity index (χ3v) is 2.88. The van der Waals surface area contributed by atoms with E-state index in [4.69, 9.17) is 5.73 Å². The lowest BCUT2D eigenvalue weighted by molar-refractivity contribution is 0.0783. The Hall–Kier alpha value is -2.20. The third kappa shape index (κ3) is 3.39. The van der Waals surface area contributed by atoms with Gasteiger partial charge in [0.2, 0.25) is 0 Å². The van der Waals surface area contributed by atoms with E-state index in [2.05, 4.69) is 4.98 Å². The minimum atomic E-state index is -0.0269. The maximum absolute atomic E-state index is 12.3. The second-order valence-electron chi connectivity index (χ2n) is 4.39. The SMILES string of the molecule is CN(Cc1ccccn1)C(=O)c1cccc(CN)c1. The molecule has 0 saturated carbocycles. The van der Waals surface area contributed by atoms with Crippen molar-refractivity contribution in [1.82, 2.24) is 9.88 Å². The van der Waals surface area contributed by atoms with Gasteiger partial charge in [-0.2, -0.15) is 0 Å². The average Bonchev–Trinajstić information content (AvgIpc) is 2.47. The molecule has 0 aliphatic rings. The third-order valence-electron chi connectivity index (χ3n) is 2.88. The lowest BCUT2D eigenvalue weighted by Gasteiger charge is -2.17. The van der Waals surface area contributed by atoms with E-state index < -0.39 is 0 Å². The van der Waals surface area contributed by atoms with Crippen molar-refractivity contribution in [2.45, 2.75) is 13.1 Å². The van der Waals surface area contributed by atoms with Crippen molar-refractivity contribution < 1.29 is 4.79 Å². The number of rotatable bonds is 4. The second-order valence-corrected chi connectivity index (χ2v) is 4.39. The van der Waals surface area contributed by atoms with Crippen molar-refractivity contribution >= 4 is 5.91 Å². The second kappa shape index (κ2) is 6.11. The molecule has 0 spiro atoms. The molecule has 4 heteroatoms. The predicted molar refractivity (Wildman–Crippen MR) is 74.4 cm³/mol. The molecule has 0 aliphatic heterocycles. The van der Waals surface area contributed by atoms with Crippen LogP contribution in [-0.4, -0.2) is 22.8 Å². The summed E-state index contributed by atoms with van der Waals surface area (Å²) in [6.07, 6.45) is 1.72. The van der Waals surface area contributed by atoms with Crippen molar-refractivity contribution in [2.75, 3.05) is 7.05 Å². The number of pyridine rings is 1. The van der Waals surface area contributed by atoms with Gasteiger partial charge < -0.3 is 10.6 Å². The van der Waals surface area contributed by atoms with Crippen molar-refractivity contribution in [3.63, 3.8) is 0 Å².